The van der Waals surface area contributed by atoms with E-state index in [-0.39, 0.29) is 11.9 Å². The maximum Gasteiger partial charge on any atom is 0.254 e. The number of hydrogen-bond acceptors (Lipinski definition) is 3. The molecule has 1 aliphatic heterocycles. The van der Waals surface area contributed by atoms with E-state index in [0.29, 0.717) is 6.54 Å². The summed E-state index contributed by atoms with van der Waals surface area (Å²) in [7, 11) is 1.70. The van der Waals surface area contributed by atoms with Crippen molar-refractivity contribution in [3.63, 3.8) is 0 Å². The van der Waals surface area contributed by atoms with E-state index in [2.05, 4.69) is 89.5 Å². The second-order valence-corrected chi connectivity index (χ2v) is 11.5. The summed E-state index contributed by atoms with van der Waals surface area (Å²) < 4.78 is 5.31. The van der Waals surface area contributed by atoms with Crippen LogP contribution in [0.15, 0.2) is 103 Å². The summed E-state index contributed by atoms with van der Waals surface area (Å²) in [5.74, 6) is 1.02. The number of rotatable bonds is 12. The number of carbonyl (C=O) groups excluding carboxylic acids is 1. The first-order valence-electron chi connectivity index (χ1n) is 15.5. The molecule has 1 saturated heterocycles. The number of piperidine rings is 1. The highest BCUT2D eigenvalue weighted by Gasteiger charge is 2.29. The normalized spacial score (nSPS) is 14.0. The van der Waals surface area contributed by atoms with Crippen molar-refractivity contribution in [2.45, 2.75) is 64.6 Å². The van der Waals surface area contributed by atoms with Gasteiger partial charge < -0.3 is 9.64 Å². The van der Waals surface area contributed by atoms with Crippen molar-refractivity contribution in [2.24, 2.45) is 0 Å². The Bertz CT molecular complexity index is 1370. The van der Waals surface area contributed by atoms with Gasteiger partial charge in [0.05, 0.1) is 7.11 Å². The minimum absolute atomic E-state index is 0.135. The molecule has 4 aromatic carbocycles. The van der Waals surface area contributed by atoms with Crippen LogP contribution in [-0.2, 0) is 19.5 Å². The fourth-order valence-electron chi connectivity index (χ4n) is 5.93. The summed E-state index contributed by atoms with van der Waals surface area (Å²) in [6.45, 7) is 5.73. The van der Waals surface area contributed by atoms with Gasteiger partial charge in [0.1, 0.15) is 5.75 Å². The average Bonchev–Trinajstić information content (AvgIpc) is 3.05. The number of amides is 1. The molecular formula is C38H44N2O2. The molecule has 5 rings (SSSR count). The van der Waals surface area contributed by atoms with Crippen LogP contribution in [0.2, 0.25) is 0 Å². The van der Waals surface area contributed by atoms with Crippen molar-refractivity contribution in [2.75, 3.05) is 20.2 Å². The van der Waals surface area contributed by atoms with E-state index in [1.165, 1.54) is 47.1 Å². The number of hydrogen-bond donors (Lipinski definition) is 0. The van der Waals surface area contributed by atoms with Gasteiger partial charge in [-0.1, -0.05) is 98.6 Å². The zero-order valence-electron chi connectivity index (χ0n) is 25.2. The third-order valence-corrected chi connectivity index (χ3v) is 8.51. The molecule has 4 aromatic rings. The molecule has 0 atom stereocenters. The third kappa shape index (κ3) is 7.89. The van der Waals surface area contributed by atoms with E-state index >= 15 is 0 Å². The summed E-state index contributed by atoms with van der Waals surface area (Å²) in [6, 6.07) is 36.1. The van der Waals surface area contributed by atoms with Gasteiger partial charge in [-0.3, -0.25) is 9.69 Å². The Hall–Kier alpha value is -3.89. The van der Waals surface area contributed by atoms with E-state index < -0.39 is 0 Å². The zero-order valence-corrected chi connectivity index (χ0v) is 25.2. The Kier molecular flexibility index (Phi) is 10.5. The Morgan fingerprint density at radius 2 is 1.38 bits per heavy atom. The van der Waals surface area contributed by atoms with Gasteiger partial charge in [-0.25, -0.2) is 0 Å². The van der Waals surface area contributed by atoms with Crippen molar-refractivity contribution >= 4 is 5.91 Å². The Morgan fingerprint density at radius 1 is 0.762 bits per heavy atom. The fraction of sp³-hybridized carbons (Fsp3) is 0.342. The van der Waals surface area contributed by atoms with Crippen LogP contribution in [0.1, 0.15) is 66.1 Å². The van der Waals surface area contributed by atoms with Crippen LogP contribution < -0.4 is 4.74 Å². The first-order valence-corrected chi connectivity index (χ1v) is 15.5. The number of unbranched alkanes of at least 4 members (excludes halogenated alkanes) is 2. The SMILES string of the molecule is CCCCCc1ccc(C(=O)N(Cc2ccc(-c3ccccc3)cc2)C2CCN(Cc3ccc(OC)cc3)CC2)cc1. The van der Waals surface area contributed by atoms with E-state index in [0.717, 1.165) is 50.2 Å². The molecule has 1 aliphatic rings. The molecule has 0 radical (unpaired) electrons. The maximum absolute atomic E-state index is 14.0. The molecule has 4 heteroatoms. The van der Waals surface area contributed by atoms with E-state index in [9.17, 15) is 4.79 Å². The van der Waals surface area contributed by atoms with Crippen LogP contribution in [0.5, 0.6) is 5.75 Å². The number of carbonyl (C=O) groups is 1. The lowest BCUT2D eigenvalue weighted by Gasteiger charge is -2.39. The van der Waals surface area contributed by atoms with Gasteiger partial charge in [0.15, 0.2) is 0 Å². The predicted octanol–water partition coefficient (Wildman–Crippen LogP) is 8.40. The smallest absolute Gasteiger partial charge is 0.254 e. The second-order valence-electron chi connectivity index (χ2n) is 11.5. The van der Waals surface area contributed by atoms with Crippen molar-refractivity contribution in [1.29, 1.82) is 0 Å². The molecule has 218 valence electrons. The van der Waals surface area contributed by atoms with Gasteiger partial charge in [-0.2, -0.15) is 0 Å². The van der Waals surface area contributed by atoms with Gasteiger partial charge in [0.2, 0.25) is 0 Å². The number of methoxy groups -OCH3 is 1. The predicted molar refractivity (Wildman–Crippen MR) is 173 cm³/mol. The molecule has 0 N–H and O–H groups in total. The lowest BCUT2D eigenvalue weighted by Crippen LogP contribution is -2.46. The zero-order chi connectivity index (χ0) is 29.1. The van der Waals surface area contributed by atoms with Gasteiger partial charge in [0, 0.05) is 37.8 Å². The second kappa shape index (κ2) is 14.8. The molecule has 0 bridgehead atoms. The number of likely N-dealkylation sites (tertiary alicyclic amines) is 1. The molecule has 0 saturated carbocycles. The van der Waals surface area contributed by atoms with E-state index in [1.807, 2.05) is 30.3 Å². The molecule has 42 heavy (non-hydrogen) atoms. The number of ether oxygens (including phenoxy) is 1. The Labute approximate surface area is 252 Å². The van der Waals surface area contributed by atoms with Crippen LogP contribution in [0, 0.1) is 0 Å². The molecule has 0 aromatic heterocycles. The summed E-state index contributed by atoms with van der Waals surface area (Å²) in [6.07, 6.45) is 6.68. The molecule has 0 spiro atoms. The molecular weight excluding hydrogens is 516 g/mol. The Balaban J connectivity index is 1.29. The Morgan fingerprint density at radius 3 is 2.02 bits per heavy atom. The number of nitrogens with zero attached hydrogens (tertiary/aromatic N) is 2. The maximum atomic E-state index is 14.0. The van der Waals surface area contributed by atoms with Gasteiger partial charge in [0.25, 0.3) is 5.91 Å². The quantitative estimate of drug-likeness (QED) is 0.163. The van der Waals surface area contributed by atoms with Crippen molar-refractivity contribution < 1.29 is 9.53 Å². The topological polar surface area (TPSA) is 32.8 Å². The first-order chi connectivity index (χ1) is 20.6. The van der Waals surface area contributed by atoms with Crippen LogP contribution in [0.25, 0.3) is 11.1 Å². The van der Waals surface area contributed by atoms with Crippen LogP contribution >= 0.6 is 0 Å². The highest BCUT2D eigenvalue weighted by atomic mass is 16.5. The highest BCUT2D eigenvalue weighted by Crippen LogP contribution is 2.25. The summed E-state index contributed by atoms with van der Waals surface area (Å²) >= 11 is 0. The lowest BCUT2D eigenvalue weighted by atomic mass is 9.98. The van der Waals surface area contributed by atoms with Crippen molar-refractivity contribution in [3.05, 3.63) is 125 Å². The third-order valence-electron chi connectivity index (χ3n) is 8.51. The van der Waals surface area contributed by atoms with Crippen molar-refractivity contribution in [1.82, 2.24) is 9.80 Å². The summed E-state index contributed by atoms with van der Waals surface area (Å²) in [5.41, 5.74) is 6.97. The van der Waals surface area contributed by atoms with Gasteiger partial charge >= 0.3 is 0 Å². The molecule has 0 unspecified atom stereocenters. The fourth-order valence-corrected chi connectivity index (χ4v) is 5.93. The monoisotopic (exact) mass is 560 g/mol. The molecule has 4 nitrogen and oxygen atoms in total. The highest BCUT2D eigenvalue weighted by molar-refractivity contribution is 5.94. The molecule has 1 fully saturated rings. The van der Waals surface area contributed by atoms with Crippen LogP contribution in [-0.4, -0.2) is 41.9 Å². The lowest BCUT2D eigenvalue weighted by molar-refractivity contribution is 0.0543. The molecule has 1 amide bonds. The van der Waals surface area contributed by atoms with E-state index in [4.69, 9.17) is 4.74 Å². The first kappa shape index (κ1) is 29.6. The summed E-state index contributed by atoms with van der Waals surface area (Å²) in [5, 5.41) is 0. The number of benzene rings is 4. The van der Waals surface area contributed by atoms with Crippen LogP contribution in [0.4, 0.5) is 0 Å². The van der Waals surface area contributed by atoms with Gasteiger partial charge in [-0.05, 0) is 77.8 Å². The van der Waals surface area contributed by atoms with Gasteiger partial charge in [-0.15, -0.1) is 0 Å². The van der Waals surface area contributed by atoms with Crippen molar-refractivity contribution in [3.8, 4) is 16.9 Å². The minimum Gasteiger partial charge on any atom is -0.497 e. The van der Waals surface area contributed by atoms with E-state index in [1.54, 1.807) is 7.11 Å². The molecule has 0 aliphatic carbocycles. The van der Waals surface area contributed by atoms with Crippen LogP contribution in [0.3, 0.4) is 0 Å². The minimum atomic E-state index is 0.135. The largest absolute Gasteiger partial charge is 0.497 e. The summed E-state index contributed by atoms with van der Waals surface area (Å²) in [4.78, 5) is 18.7. The molecule has 1 heterocycles. The average molecular weight is 561 g/mol. The number of aryl methyl sites for hydroxylation is 1. The standard InChI is InChI=1S/C38H44N2O2/c1-3-4-6-9-30-12-20-35(21-13-30)38(41)40(29-32-14-18-34(19-15-32)33-10-7-5-8-11-33)36-24-26-39(27-25-36)28-31-16-22-37(42-2)23-17-31/h5,7-8,10-23,36H,3-4,6,9,24-29H2,1-2H3.